The molecule has 1 unspecified atom stereocenters. The Morgan fingerprint density at radius 3 is 2.15 bits per heavy atom. The minimum atomic E-state index is -1.35. The van der Waals surface area contributed by atoms with Crippen LogP contribution < -0.4 is 4.31 Å². The number of carbonyl (C=O) groups is 1. The van der Waals surface area contributed by atoms with Crippen molar-refractivity contribution in [2.45, 2.75) is 4.90 Å². The molecule has 2 heterocycles. The van der Waals surface area contributed by atoms with Crippen LogP contribution in [0.25, 0.3) is 44.2 Å². The van der Waals surface area contributed by atoms with Crippen LogP contribution in [-0.2, 0) is 11.0 Å². The summed E-state index contributed by atoms with van der Waals surface area (Å²) in [5.41, 5.74) is 7.25. The maximum absolute atomic E-state index is 13.3. The smallest absolute Gasteiger partial charge is 0.253 e. The summed E-state index contributed by atoms with van der Waals surface area (Å²) in [4.78, 5) is 23.1. The normalized spacial score (nSPS) is 12.0. The fourth-order valence-electron chi connectivity index (χ4n) is 5.00. The van der Waals surface area contributed by atoms with E-state index in [0.29, 0.717) is 5.56 Å². The second-order valence-electron chi connectivity index (χ2n) is 9.83. The standard InChI is InChI=1S/C33H28N4O2S/c1-36(2)33(38)24-16-14-22(15-17-24)28-21-34-32-31(30(28)23-10-6-4-7-11-23)27-20-25(18-19-29(27)35-32)37(3)40(39)26-12-8-5-9-13-26/h4-21H,1-3H3,(H,34,35). The molecule has 6 rings (SSSR count). The summed E-state index contributed by atoms with van der Waals surface area (Å²) in [6, 6.07) is 33.4. The van der Waals surface area contributed by atoms with Crippen molar-refractivity contribution in [1.29, 1.82) is 0 Å². The van der Waals surface area contributed by atoms with Crippen molar-refractivity contribution >= 4 is 44.5 Å². The van der Waals surface area contributed by atoms with Crippen LogP contribution in [-0.4, -0.2) is 46.1 Å². The molecule has 6 nitrogen and oxygen atoms in total. The molecule has 4 aromatic carbocycles. The third-order valence-electron chi connectivity index (χ3n) is 7.07. The number of benzene rings is 4. The molecule has 0 saturated carbocycles. The monoisotopic (exact) mass is 544 g/mol. The molecule has 0 fully saturated rings. The number of fused-ring (bicyclic) bond motifs is 3. The predicted octanol–water partition coefficient (Wildman–Crippen LogP) is 6.91. The number of aromatic amines is 1. The van der Waals surface area contributed by atoms with Gasteiger partial charge in [0.15, 0.2) is 11.0 Å². The Labute approximate surface area is 235 Å². The molecular weight excluding hydrogens is 516 g/mol. The fraction of sp³-hybridized carbons (Fsp3) is 0.0909. The van der Waals surface area contributed by atoms with Gasteiger partial charge in [0.25, 0.3) is 5.91 Å². The third kappa shape index (κ3) is 4.54. The predicted molar refractivity (Wildman–Crippen MR) is 164 cm³/mol. The molecule has 0 spiro atoms. The summed E-state index contributed by atoms with van der Waals surface area (Å²) < 4.78 is 15.1. The van der Waals surface area contributed by atoms with Gasteiger partial charge in [0.1, 0.15) is 5.65 Å². The van der Waals surface area contributed by atoms with E-state index in [1.165, 1.54) is 0 Å². The topological polar surface area (TPSA) is 69.3 Å². The summed E-state index contributed by atoms with van der Waals surface area (Å²) in [6.45, 7) is 0. The summed E-state index contributed by atoms with van der Waals surface area (Å²) in [7, 11) is 3.99. The van der Waals surface area contributed by atoms with Crippen LogP contribution >= 0.6 is 0 Å². The molecule has 1 atom stereocenters. The highest BCUT2D eigenvalue weighted by Gasteiger charge is 2.19. The summed E-state index contributed by atoms with van der Waals surface area (Å²) in [5, 5.41) is 1.99. The molecular formula is C33H28N4O2S. The molecule has 1 amide bonds. The first-order valence-electron chi connectivity index (χ1n) is 12.9. The Bertz CT molecular complexity index is 1860. The highest BCUT2D eigenvalue weighted by molar-refractivity contribution is 7.86. The molecule has 1 N–H and O–H groups in total. The molecule has 0 saturated heterocycles. The Balaban J connectivity index is 1.54. The molecule has 40 heavy (non-hydrogen) atoms. The highest BCUT2D eigenvalue weighted by Crippen LogP contribution is 2.41. The van der Waals surface area contributed by atoms with Gasteiger partial charge in [0.05, 0.1) is 10.6 Å². The van der Waals surface area contributed by atoms with E-state index in [2.05, 4.69) is 23.2 Å². The molecule has 0 aliphatic rings. The van der Waals surface area contributed by atoms with Gasteiger partial charge in [-0.05, 0) is 53.6 Å². The van der Waals surface area contributed by atoms with E-state index in [4.69, 9.17) is 4.98 Å². The lowest BCUT2D eigenvalue weighted by molar-refractivity contribution is 0.0827. The first kappa shape index (κ1) is 25.5. The van der Waals surface area contributed by atoms with Crippen molar-refractivity contribution in [3.63, 3.8) is 0 Å². The zero-order valence-corrected chi connectivity index (χ0v) is 23.3. The molecule has 198 valence electrons. The summed E-state index contributed by atoms with van der Waals surface area (Å²) in [5.74, 6) is -0.0374. The number of hydrogen-bond donors (Lipinski definition) is 1. The van der Waals surface area contributed by atoms with Crippen LogP contribution in [0.1, 0.15) is 10.4 Å². The minimum absolute atomic E-state index is 0.0374. The van der Waals surface area contributed by atoms with E-state index in [9.17, 15) is 9.00 Å². The zero-order valence-electron chi connectivity index (χ0n) is 22.5. The van der Waals surface area contributed by atoms with Crippen molar-refractivity contribution in [1.82, 2.24) is 14.9 Å². The Hall–Kier alpha value is -4.75. The molecule has 0 bridgehead atoms. The SMILES string of the molecule is CN(C)C(=O)c1ccc(-c2cnc3[nH]c4ccc(N(C)S(=O)c5ccccc5)cc4c3c2-c2ccccc2)cc1. The van der Waals surface area contributed by atoms with Crippen LogP contribution in [0.15, 0.2) is 114 Å². The zero-order chi connectivity index (χ0) is 27.8. The van der Waals surface area contributed by atoms with E-state index in [1.54, 1.807) is 23.3 Å². The Morgan fingerprint density at radius 2 is 1.48 bits per heavy atom. The summed E-state index contributed by atoms with van der Waals surface area (Å²) in [6.07, 6.45) is 1.89. The van der Waals surface area contributed by atoms with Gasteiger partial charge in [-0.2, -0.15) is 0 Å². The number of pyridine rings is 1. The first-order valence-corrected chi connectivity index (χ1v) is 14.1. The van der Waals surface area contributed by atoms with Gasteiger partial charge in [-0.15, -0.1) is 0 Å². The second kappa shape index (κ2) is 10.4. The number of rotatable bonds is 6. The average Bonchev–Trinajstić information content (AvgIpc) is 3.38. The minimum Gasteiger partial charge on any atom is -0.345 e. The molecule has 6 aromatic rings. The number of nitrogens with one attached hydrogen (secondary N) is 1. The number of aromatic nitrogens is 2. The quantitative estimate of drug-likeness (QED) is 0.248. The van der Waals surface area contributed by atoms with Gasteiger partial charge in [0.2, 0.25) is 0 Å². The van der Waals surface area contributed by atoms with Crippen molar-refractivity contribution in [2.75, 3.05) is 25.4 Å². The number of carbonyl (C=O) groups excluding carboxylic acids is 1. The lowest BCUT2D eigenvalue weighted by Crippen LogP contribution is -2.21. The van der Waals surface area contributed by atoms with Gasteiger partial charge >= 0.3 is 0 Å². The number of H-pyrrole nitrogens is 1. The largest absolute Gasteiger partial charge is 0.345 e. The van der Waals surface area contributed by atoms with Gasteiger partial charge < -0.3 is 9.88 Å². The van der Waals surface area contributed by atoms with Crippen molar-refractivity contribution < 1.29 is 9.00 Å². The van der Waals surface area contributed by atoms with E-state index < -0.39 is 11.0 Å². The molecule has 2 aromatic heterocycles. The molecule has 0 aliphatic heterocycles. The van der Waals surface area contributed by atoms with Gasteiger partial charge in [-0.1, -0.05) is 60.7 Å². The highest BCUT2D eigenvalue weighted by atomic mass is 32.2. The number of hydrogen-bond acceptors (Lipinski definition) is 3. The first-order chi connectivity index (χ1) is 19.4. The van der Waals surface area contributed by atoms with Crippen LogP contribution in [0.3, 0.4) is 0 Å². The number of amides is 1. The van der Waals surface area contributed by atoms with E-state index >= 15 is 0 Å². The van der Waals surface area contributed by atoms with Crippen molar-refractivity contribution in [3.8, 4) is 22.3 Å². The maximum atomic E-state index is 13.3. The van der Waals surface area contributed by atoms with Crippen LogP contribution in [0.4, 0.5) is 5.69 Å². The van der Waals surface area contributed by atoms with Crippen LogP contribution in [0, 0.1) is 0 Å². The second-order valence-corrected chi connectivity index (χ2v) is 11.3. The Morgan fingerprint density at radius 1 is 0.800 bits per heavy atom. The molecule has 0 aliphatic carbocycles. The maximum Gasteiger partial charge on any atom is 0.253 e. The third-order valence-corrected chi connectivity index (χ3v) is 8.46. The van der Waals surface area contributed by atoms with Gasteiger partial charge in [-0.25, -0.2) is 9.19 Å². The number of nitrogens with zero attached hydrogens (tertiary/aromatic N) is 3. The van der Waals surface area contributed by atoms with Crippen LogP contribution in [0.5, 0.6) is 0 Å². The van der Waals surface area contributed by atoms with E-state index in [0.717, 1.165) is 54.8 Å². The van der Waals surface area contributed by atoms with Crippen LogP contribution in [0.2, 0.25) is 0 Å². The lowest BCUT2D eigenvalue weighted by Gasteiger charge is -2.18. The summed E-state index contributed by atoms with van der Waals surface area (Å²) >= 11 is 0. The molecule has 0 radical (unpaired) electrons. The molecule has 7 heteroatoms. The lowest BCUT2D eigenvalue weighted by atomic mass is 9.92. The van der Waals surface area contributed by atoms with E-state index in [-0.39, 0.29) is 5.91 Å². The van der Waals surface area contributed by atoms with Gasteiger partial charge in [0, 0.05) is 60.3 Å². The van der Waals surface area contributed by atoms with E-state index in [1.807, 2.05) is 98.2 Å². The number of anilines is 1. The Kier molecular flexibility index (Phi) is 6.66. The van der Waals surface area contributed by atoms with Crippen molar-refractivity contribution in [3.05, 3.63) is 115 Å². The average molecular weight is 545 g/mol. The fourth-order valence-corrected chi connectivity index (χ4v) is 6.02. The van der Waals surface area contributed by atoms with Crippen molar-refractivity contribution in [2.24, 2.45) is 0 Å². The van der Waals surface area contributed by atoms with Gasteiger partial charge in [-0.3, -0.25) is 9.10 Å².